The summed E-state index contributed by atoms with van der Waals surface area (Å²) in [7, 11) is 1.40. The van der Waals surface area contributed by atoms with Crippen molar-refractivity contribution in [3.8, 4) is 5.88 Å². The van der Waals surface area contributed by atoms with Gasteiger partial charge in [0, 0.05) is 5.56 Å². The van der Waals surface area contributed by atoms with Crippen molar-refractivity contribution in [3.63, 3.8) is 0 Å². The monoisotopic (exact) mass is 361 g/mol. The molecule has 0 radical (unpaired) electrons. The lowest BCUT2D eigenvalue weighted by Crippen LogP contribution is -2.36. The smallest absolute Gasteiger partial charge is 0.415 e. The summed E-state index contributed by atoms with van der Waals surface area (Å²) in [6, 6.07) is 4.26. The van der Waals surface area contributed by atoms with Crippen molar-refractivity contribution in [1.29, 1.82) is 0 Å². The molecular formula is C18H20FN3O4. The number of pyridine rings is 2. The van der Waals surface area contributed by atoms with Gasteiger partial charge in [-0.1, -0.05) is 0 Å². The molecule has 2 rings (SSSR count). The van der Waals surface area contributed by atoms with Gasteiger partial charge in [0.1, 0.15) is 17.1 Å². The van der Waals surface area contributed by atoms with E-state index in [1.165, 1.54) is 30.3 Å². The molecule has 0 spiro atoms. The lowest BCUT2D eigenvalue weighted by Gasteiger charge is -2.27. The van der Waals surface area contributed by atoms with Gasteiger partial charge in [0.05, 0.1) is 31.7 Å². The molecule has 0 unspecified atom stereocenters. The Morgan fingerprint density at radius 3 is 2.54 bits per heavy atom. The van der Waals surface area contributed by atoms with Crippen LogP contribution in [-0.2, 0) is 11.3 Å². The third-order valence-electron chi connectivity index (χ3n) is 3.23. The van der Waals surface area contributed by atoms with E-state index in [0.29, 0.717) is 17.5 Å². The fraction of sp³-hybridized carbons (Fsp3) is 0.333. The largest absolute Gasteiger partial charge is 0.481 e. The van der Waals surface area contributed by atoms with Crippen LogP contribution in [0.2, 0.25) is 0 Å². The van der Waals surface area contributed by atoms with Crippen molar-refractivity contribution in [3.05, 3.63) is 47.7 Å². The molecule has 8 heteroatoms. The Hall–Kier alpha value is -3.03. The minimum atomic E-state index is -0.726. The van der Waals surface area contributed by atoms with Crippen LogP contribution in [0.5, 0.6) is 5.88 Å². The summed E-state index contributed by atoms with van der Waals surface area (Å²) in [4.78, 5) is 32.5. The average Bonchev–Trinajstić information content (AvgIpc) is 2.58. The Morgan fingerprint density at radius 1 is 1.27 bits per heavy atom. The summed E-state index contributed by atoms with van der Waals surface area (Å²) in [5, 5.41) is 0. The number of rotatable bonds is 5. The highest BCUT2D eigenvalue weighted by molar-refractivity contribution is 5.88. The van der Waals surface area contributed by atoms with Crippen molar-refractivity contribution in [2.75, 3.05) is 12.0 Å². The van der Waals surface area contributed by atoms with Crippen LogP contribution in [0.15, 0.2) is 30.6 Å². The molecule has 7 nitrogen and oxygen atoms in total. The van der Waals surface area contributed by atoms with E-state index >= 15 is 0 Å². The van der Waals surface area contributed by atoms with Gasteiger partial charge in [0.25, 0.3) is 0 Å². The van der Waals surface area contributed by atoms with Gasteiger partial charge in [-0.15, -0.1) is 0 Å². The van der Waals surface area contributed by atoms with Gasteiger partial charge in [-0.25, -0.2) is 14.2 Å². The highest BCUT2D eigenvalue weighted by Gasteiger charge is 2.25. The van der Waals surface area contributed by atoms with Crippen LogP contribution < -0.4 is 9.64 Å². The van der Waals surface area contributed by atoms with Crippen LogP contribution in [0.25, 0.3) is 0 Å². The molecule has 0 aromatic carbocycles. The number of aromatic nitrogens is 2. The van der Waals surface area contributed by atoms with Crippen LogP contribution >= 0.6 is 0 Å². The third kappa shape index (κ3) is 4.98. The molecule has 0 N–H and O–H groups in total. The van der Waals surface area contributed by atoms with Crippen LogP contribution in [-0.4, -0.2) is 35.1 Å². The Bertz CT molecular complexity index is 788. The van der Waals surface area contributed by atoms with Crippen LogP contribution in [0.4, 0.5) is 14.9 Å². The first kappa shape index (κ1) is 19.3. The van der Waals surface area contributed by atoms with Gasteiger partial charge in [-0.05, 0) is 39.0 Å². The average molecular weight is 361 g/mol. The van der Waals surface area contributed by atoms with E-state index in [-0.39, 0.29) is 18.1 Å². The minimum absolute atomic E-state index is 0.0506. The second-order valence-electron chi connectivity index (χ2n) is 6.45. The normalized spacial score (nSPS) is 11.0. The third-order valence-corrected chi connectivity index (χ3v) is 3.23. The van der Waals surface area contributed by atoms with Gasteiger partial charge in [-0.3, -0.25) is 14.7 Å². The van der Waals surface area contributed by atoms with Crippen molar-refractivity contribution in [2.24, 2.45) is 0 Å². The maximum atomic E-state index is 13.6. The predicted molar refractivity (Wildman–Crippen MR) is 92.8 cm³/mol. The van der Waals surface area contributed by atoms with Crippen molar-refractivity contribution >= 4 is 18.1 Å². The first-order chi connectivity index (χ1) is 12.2. The zero-order valence-electron chi connectivity index (χ0n) is 15.0. The molecule has 1 amide bonds. The number of hydrogen-bond acceptors (Lipinski definition) is 6. The van der Waals surface area contributed by atoms with Gasteiger partial charge in [0.2, 0.25) is 5.88 Å². The number of methoxy groups -OCH3 is 1. The standard InChI is InChI=1S/C18H20FN3O4/c1-18(2,3)26-17(24)22(15-6-5-14(11-23)20-9-15)10-12-7-13(19)8-21-16(12)25-4/h5-9,11H,10H2,1-4H3. The number of carbonyl (C=O) groups excluding carboxylic acids is 2. The molecule has 0 atom stereocenters. The van der Waals surface area contributed by atoms with E-state index in [0.717, 1.165) is 6.20 Å². The lowest BCUT2D eigenvalue weighted by molar-refractivity contribution is 0.0577. The quantitative estimate of drug-likeness (QED) is 0.760. The predicted octanol–water partition coefficient (Wildman–Crippen LogP) is 3.38. The van der Waals surface area contributed by atoms with E-state index in [1.54, 1.807) is 26.8 Å². The van der Waals surface area contributed by atoms with Gasteiger partial charge in [0.15, 0.2) is 6.29 Å². The first-order valence-electron chi connectivity index (χ1n) is 7.83. The minimum Gasteiger partial charge on any atom is -0.481 e. The maximum absolute atomic E-state index is 13.6. The number of anilines is 1. The van der Waals surface area contributed by atoms with Crippen molar-refractivity contribution < 1.29 is 23.5 Å². The van der Waals surface area contributed by atoms with E-state index in [2.05, 4.69) is 9.97 Å². The number of nitrogens with zero attached hydrogens (tertiary/aromatic N) is 3. The molecule has 0 aliphatic rings. The molecule has 0 fully saturated rings. The summed E-state index contributed by atoms with van der Waals surface area (Å²) in [5.41, 5.74) is 0.243. The van der Waals surface area contributed by atoms with Gasteiger partial charge >= 0.3 is 6.09 Å². The molecule has 2 heterocycles. The Morgan fingerprint density at radius 2 is 2.00 bits per heavy atom. The maximum Gasteiger partial charge on any atom is 0.415 e. The fourth-order valence-corrected chi connectivity index (χ4v) is 2.14. The summed E-state index contributed by atoms with van der Waals surface area (Å²) in [5.74, 6) is -0.364. The van der Waals surface area contributed by atoms with Gasteiger partial charge in [-0.2, -0.15) is 0 Å². The number of amides is 1. The number of ether oxygens (including phenoxy) is 2. The lowest BCUT2D eigenvalue weighted by atomic mass is 10.2. The van der Waals surface area contributed by atoms with E-state index in [9.17, 15) is 14.0 Å². The first-order valence-corrected chi connectivity index (χ1v) is 7.83. The van der Waals surface area contributed by atoms with E-state index in [1.807, 2.05) is 0 Å². The molecule has 0 saturated carbocycles. The molecular weight excluding hydrogens is 341 g/mol. The number of aldehydes is 1. The summed E-state index contributed by atoms with van der Waals surface area (Å²) in [6.07, 6.45) is 2.35. The van der Waals surface area contributed by atoms with Crippen molar-refractivity contribution in [1.82, 2.24) is 9.97 Å². The molecule has 26 heavy (non-hydrogen) atoms. The molecule has 0 saturated heterocycles. The number of halogens is 1. The van der Waals surface area contributed by atoms with E-state index in [4.69, 9.17) is 9.47 Å². The SMILES string of the molecule is COc1ncc(F)cc1CN(C(=O)OC(C)(C)C)c1ccc(C=O)nc1. The van der Waals surface area contributed by atoms with Crippen LogP contribution in [0.1, 0.15) is 36.8 Å². The Balaban J connectivity index is 2.41. The number of carbonyl (C=O) groups is 2. The van der Waals surface area contributed by atoms with Crippen molar-refractivity contribution in [2.45, 2.75) is 32.9 Å². The second-order valence-corrected chi connectivity index (χ2v) is 6.45. The number of hydrogen-bond donors (Lipinski definition) is 0. The highest BCUT2D eigenvalue weighted by Crippen LogP contribution is 2.24. The highest BCUT2D eigenvalue weighted by atomic mass is 19.1. The molecule has 0 bridgehead atoms. The molecule has 2 aromatic rings. The summed E-state index contributed by atoms with van der Waals surface area (Å²) in [6.45, 7) is 5.16. The van der Waals surface area contributed by atoms with Crippen LogP contribution in [0.3, 0.4) is 0 Å². The summed E-state index contributed by atoms with van der Waals surface area (Å²) < 4.78 is 24.2. The van der Waals surface area contributed by atoms with Crippen LogP contribution in [0, 0.1) is 5.82 Å². The Labute approximate surface area is 150 Å². The summed E-state index contributed by atoms with van der Waals surface area (Å²) >= 11 is 0. The fourth-order valence-electron chi connectivity index (χ4n) is 2.14. The topological polar surface area (TPSA) is 81.6 Å². The second kappa shape index (κ2) is 7.90. The Kier molecular flexibility index (Phi) is 5.86. The molecule has 0 aliphatic heterocycles. The zero-order chi connectivity index (χ0) is 19.3. The molecule has 138 valence electrons. The van der Waals surface area contributed by atoms with Gasteiger partial charge < -0.3 is 9.47 Å². The zero-order valence-corrected chi connectivity index (χ0v) is 15.0. The van der Waals surface area contributed by atoms with E-state index < -0.39 is 17.5 Å². The molecule has 2 aromatic heterocycles. The molecule has 0 aliphatic carbocycles.